The SMILES string of the molecule is COS(=O)(=O)C[C@@H]1[C@@H](O)[C@@]2(O)c3ncc(Cl)cc3O[C@@]2(c2ccc(Br)cc2)[C@@H]1c1ccccc1. The topological polar surface area (TPSA) is 106 Å². The number of ether oxygens (including phenoxy) is 1. The fourth-order valence-corrected chi connectivity index (χ4v) is 6.85. The molecule has 2 heterocycles. The van der Waals surface area contributed by atoms with E-state index in [9.17, 15) is 18.6 Å². The van der Waals surface area contributed by atoms with E-state index >= 15 is 0 Å². The molecule has 7 nitrogen and oxygen atoms in total. The zero-order valence-electron chi connectivity index (χ0n) is 17.9. The molecule has 5 rings (SSSR count). The molecule has 1 saturated carbocycles. The Bertz CT molecular complexity index is 1340. The number of aromatic nitrogens is 1. The van der Waals surface area contributed by atoms with Crippen LogP contribution >= 0.6 is 27.5 Å². The smallest absolute Gasteiger partial charge is 0.267 e. The molecular formula is C24H21BrClNO6S. The summed E-state index contributed by atoms with van der Waals surface area (Å²) in [7, 11) is -2.94. The van der Waals surface area contributed by atoms with Gasteiger partial charge in [0.05, 0.1) is 24.0 Å². The van der Waals surface area contributed by atoms with Gasteiger partial charge in [0.2, 0.25) is 0 Å². The monoisotopic (exact) mass is 565 g/mol. The summed E-state index contributed by atoms with van der Waals surface area (Å²) >= 11 is 9.60. The summed E-state index contributed by atoms with van der Waals surface area (Å²) in [4.78, 5) is 4.33. The van der Waals surface area contributed by atoms with Crippen molar-refractivity contribution in [2.75, 3.05) is 12.9 Å². The molecule has 34 heavy (non-hydrogen) atoms. The number of hydrogen-bond acceptors (Lipinski definition) is 7. The summed E-state index contributed by atoms with van der Waals surface area (Å²) in [5.74, 6) is -2.07. The van der Waals surface area contributed by atoms with Crippen molar-refractivity contribution in [3.05, 3.63) is 93.2 Å². The van der Waals surface area contributed by atoms with Crippen LogP contribution in [0.2, 0.25) is 5.02 Å². The van der Waals surface area contributed by atoms with Crippen LogP contribution in [0.3, 0.4) is 0 Å². The van der Waals surface area contributed by atoms with Crippen LogP contribution in [0.15, 0.2) is 71.3 Å². The molecule has 1 aliphatic carbocycles. The summed E-state index contributed by atoms with van der Waals surface area (Å²) in [5.41, 5.74) is -2.32. The number of rotatable bonds is 5. The fraction of sp³-hybridized carbons (Fsp3) is 0.292. The lowest BCUT2D eigenvalue weighted by atomic mass is 9.72. The molecule has 1 aliphatic heterocycles. The highest BCUT2D eigenvalue weighted by Gasteiger charge is 2.77. The Morgan fingerprint density at radius 1 is 1.18 bits per heavy atom. The molecule has 0 bridgehead atoms. The van der Waals surface area contributed by atoms with Crippen LogP contribution in [0.5, 0.6) is 5.75 Å². The average molecular weight is 567 g/mol. The number of benzene rings is 2. The molecule has 0 unspecified atom stereocenters. The first kappa shape index (κ1) is 23.7. The Kier molecular flexibility index (Phi) is 5.78. The van der Waals surface area contributed by atoms with Crippen molar-refractivity contribution < 1.29 is 27.6 Å². The molecule has 0 saturated heterocycles. The van der Waals surface area contributed by atoms with Crippen molar-refractivity contribution in [2.24, 2.45) is 5.92 Å². The zero-order chi connectivity index (χ0) is 24.3. The maximum absolute atomic E-state index is 12.6. The van der Waals surface area contributed by atoms with Crippen LogP contribution in [0.4, 0.5) is 0 Å². The molecule has 3 aromatic rings. The molecule has 0 spiro atoms. The minimum absolute atomic E-state index is 0.102. The standard InChI is InChI=1S/C24H21BrClNO6S/c1-32-34(30,31)13-18-20(14-5-3-2-4-6-14)24(15-7-9-16(25)10-8-15)23(29,22(18)28)21-19(33-24)11-17(26)12-27-21/h2-12,18,20,22,28-29H,13H2,1H3/t18-,20+,22+,23-,24-/m0/s1. The predicted octanol–water partition coefficient (Wildman–Crippen LogP) is 3.72. The van der Waals surface area contributed by atoms with Crippen molar-refractivity contribution in [3.8, 4) is 5.75 Å². The van der Waals surface area contributed by atoms with E-state index < -0.39 is 45.0 Å². The highest BCUT2D eigenvalue weighted by Crippen LogP contribution is 2.68. The second kappa shape index (κ2) is 8.29. The van der Waals surface area contributed by atoms with Crippen molar-refractivity contribution >= 4 is 37.6 Å². The number of aliphatic hydroxyl groups is 2. The van der Waals surface area contributed by atoms with Gasteiger partial charge in [-0.1, -0.05) is 70.0 Å². The third kappa shape index (κ3) is 3.33. The highest BCUT2D eigenvalue weighted by molar-refractivity contribution is 9.10. The van der Waals surface area contributed by atoms with Crippen LogP contribution in [-0.2, 0) is 25.5 Å². The van der Waals surface area contributed by atoms with E-state index in [0.29, 0.717) is 16.1 Å². The number of fused-ring (bicyclic) bond motifs is 3. The molecule has 2 aromatic carbocycles. The summed E-state index contributed by atoms with van der Waals surface area (Å²) in [6.07, 6.45) is -0.191. The molecule has 1 aromatic heterocycles. The van der Waals surface area contributed by atoms with Crippen LogP contribution < -0.4 is 4.74 Å². The third-order valence-corrected chi connectivity index (χ3v) is 8.84. The lowest BCUT2D eigenvalue weighted by Gasteiger charge is -2.40. The fourth-order valence-electron chi connectivity index (χ4n) is 5.46. The van der Waals surface area contributed by atoms with Gasteiger partial charge >= 0.3 is 0 Å². The van der Waals surface area contributed by atoms with E-state index in [1.165, 1.54) is 12.3 Å². The molecule has 0 amide bonds. The molecular weight excluding hydrogens is 546 g/mol. The first-order valence-electron chi connectivity index (χ1n) is 10.5. The van der Waals surface area contributed by atoms with E-state index in [0.717, 1.165) is 11.6 Å². The van der Waals surface area contributed by atoms with Gasteiger partial charge < -0.3 is 14.9 Å². The number of nitrogens with zero attached hydrogens (tertiary/aromatic N) is 1. The van der Waals surface area contributed by atoms with Gasteiger partial charge in [0, 0.05) is 28.6 Å². The third-order valence-electron chi connectivity index (χ3n) is 6.80. The lowest BCUT2D eigenvalue weighted by Crippen LogP contribution is -2.52. The summed E-state index contributed by atoms with van der Waals surface area (Å²) in [6, 6.07) is 17.8. The average Bonchev–Trinajstić information content (AvgIpc) is 3.17. The summed E-state index contributed by atoms with van der Waals surface area (Å²) < 4.78 is 37.2. The predicted molar refractivity (Wildman–Crippen MR) is 129 cm³/mol. The molecule has 178 valence electrons. The summed E-state index contributed by atoms with van der Waals surface area (Å²) in [5, 5.41) is 24.3. The van der Waals surface area contributed by atoms with E-state index in [-0.39, 0.29) is 11.4 Å². The number of halogens is 2. The van der Waals surface area contributed by atoms with E-state index in [1.807, 2.05) is 30.3 Å². The van der Waals surface area contributed by atoms with Crippen LogP contribution in [-0.4, -0.2) is 42.6 Å². The van der Waals surface area contributed by atoms with Crippen molar-refractivity contribution in [3.63, 3.8) is 0 Å². The van der Waals surface area contributed by atoms with Crippen LogP contribution in [0.1, 0.15) is 22.7 Å². The highest BCUT2D eigenvalue weighted by atomic mass is 79.9. The maximum Gasteiger partial charge on any atom is 0.267 e. The largest absolute Gasteiger partial charge is 0.476 e. The summed E-state index contributed by atoms with van der Waals surface area (Å²) in [6.45, 7) is 0. The lowest BCUT2D eigenvalue weighted by molar-refractivity contribution is -0.152. The van der Waals surface area contributed by atoms with Crippen LogP contribution in [0.25, 0.3) is 0 Å². The molecule has 2 N–H and O–H groups in total. The zero-order valence-corrected chi connectivity index (χ0v) is 21.1. The molecule has 0 radical (unpaired) electrons. The Hall–Kier alpha value is -2.01. The van der Waals surface area contributed by atoms with Crippen molar-refractivity contribution in [1.29, 1.82) is 0 Å². The number of hydrogen-bond donors (Lipinski definition) is 2. The van der Waals surface area contributed by atoms with E-state index in [1.54, 1.807) is 24.3 Å². The molecule has 1 fully saturated rings. The van der Waals surface area contributed by atoms with Gasteiger partial charge in [-0.05, 0) is 23.3 Å². The molecule has 10 heteroatoms. The Labute approximate surface area is 210 Å². The van der Waals surface area contributed by atoms with Crippen molar-refractivity contribution in [2.45, 2.75) is 23.2 Å². The van der Waals surface area contributed by atoms with Crippen LogP contribution in [0, 0.1) is 5.92 Å². The first-order chi connectivity index (χ1) is 16.1. The van der Waals surface area contributed by atoms with Gasteiger partial charge in [0.1, 0.15) is 11.4 Å². The minimum atomic E-state index is -4.01. The normalized spacial score (nSPS) is 30.0. The van der Waals surface area contributed by atoms with Gasteiger partial charge in [-0.2, -0.15) is 8.42 Å². The van der Waals surface area contributed by atoms with Crippen molar-refractivity contribution in [1.82, 2.24) is 4.98 Å². The Balaban J connectivity index is 1.84. The van der Waals surface area contributed by atoms with Gasteiger partial charge in [-0.15, -0.1) is 0 Å². The minimum Gasteiger partial charge on any atom is -0.476 e. The first-order valence-corrected chi connectivity index (χ1v) is 13.2. The van der Waals surface area contributed by atoms with Gasteiger partial charge in [-0.3, -0.25) is 9.17 Å². The Morgan fingerprint density at radius 3 is 2.50 bits per heavy atom. The van der Waals surface area contributed by atoms with E-state index in [2.05, 4.69) is 20.9 Å². The number of pyridine rings is 1. The quantitative estimate of drug-likeness (QED) is 0.454. The molecule has 5 atom stereocenters. The second-order valence-corrected chi connectivity index (χ2v) is 11.6. The second-order valence-electron chi connectivity index (χ2n) is 8.50. The van der Waals surface area contributed by atoms with Gasteiger partial charge in [0.15, 0.2) is 11.2 Å². The van der Waals surface area contributed by atoms with E-state index in [4.69, 9.17) is 20.5 Å². The molecule has 2 aliphatic rings. The van der Waals surface area contributed by atoms with Gasteiger partial charge in [-0.25, -0.2) is 0 Å². The number of aliphatic hydroxyl groups excluding tert-OH is 1. The van der Waals surface area contributed by atoms with Gasteiger partial charge in [0.25, 0.3) is 10.1 Å². The maximum atomic E-state index is 12.6. The Morgan fingerprint density at radius 2 is 1.85 bits per heavy atom.